The highest BCUT2D eigenvalue weighted by Crippen LogP contribution is 2.34. The summed E-state index contributed by atoms with van der Waals surface area (Å²) in [5.41, 5.74) is 0.265. The van der Waals surface area contributed by atoms with E-state index < -0.39 is 5.60 Å². The standard InChI is InChI=1S/C14H22O2/c1-4-14(15,12(2)10-11-16-3)13-8-6-5-7-9-13/h5-9,12,15H,4,10-11H2,1-3H3. The molecule has 0 amide bonds. The summed E-state index contributed by atoms with van der Waals surface area (Å²) in [5, 5.41) is 10.7. The lowest BCUT2D eigenvalue weighted by molar-refractivity contribution is -0.0314. The molecule has 0 radical (unpaired) electrons. The van der Waals surface area contributed by atoms with Crippen molar-refractivity contribution in [3.05, 3.63) is 35.9 Å². The molecule has 0 saturated carbocycles. The van der Waals surface area contributed by atoms with Crippen molar-refractivity contribution >= 4 is 0 Å². The Morgan fingerprint density at radius 3 is 2.44 bits per heavy atom. The fourth-order valence-corrected chi connectivity index (χ4v) is 2.10. The Labute approximate surface area is 98.3 Å². The van der Waals surface area contributed by atoms with Crippen LogP contribution in [0.25, 0.3) is 0 Å². The van der Waals surface area contributed by atoms with E-state index in [1.54, 1.807) is 7.11 Å². The molecule has 0 aliphatic heterocycles. The Balaban J connectivity index is 2.84. The van der Waals surface area contributed by atoms with Crippen molar-refractivity contribution in [2.45, 2.75) is 32.3 Å². The van der Waals surface area contributed by atoms with Gasteiger partial charge in [-0.3, -0.25) is 0 Å². The molecule has 16 heavy (non-hydrogen) atoms. The highest BCUT2D eigenvalue weighted by atomic mass is 16.5. The molecule has 1 N–H and O–H groups in total. The van der Waals surface area contributed by atoms with E-state index in [-0.39, 0.29) is 5.92 Å². The Hall–Kier alpha value is -0.860. The predicted octanol–water partition coefficient (Wildman–Crippen LogP) is 2.96. The van der Waals surface area contributed by atoms with Crippen LogP contribution in [0, 0.1) is 5.92 Å². The zero-order chi connectivity index (χ0) is 12.0. The number of ether oxygens (including phenoxy) is 1. The SMILES string of the molecule is CCC(O)(c1ccccc1)C(C)CCOC. The molecule has 0 aromatic heterocycles. The predicted molar refractivity (Wildman–Crippen MR) is 66.3 cm³/mol. The number of rotatable bonds is 6. The van der Waals surface area contributed by atoms with E-state index >= 15 is 0 Å². The monoisotopic (exact) mass is 222 g/mol. The van der Waals surface area contributed by atoms with Crippen molar-refractivity contribution in [2.24, 2.45) is 5.92 Å². The van der Waals surface area contributed by atoms with Gasteiger partial charge in [-0.1, -0.05) is 44.2 Å². The molecular formula is C14H22O2. The molecule has 2 nitrogen and oxygen atoms in total. The average Bonchev–Trinajstić information content (AvgIpc) is 2.35. The van der Waals surface area contributed by atoms with Crippen LogP contribution in [0.2, 0.25) is 0 Å². The van der Waals surface area contributed by atoms with Gasteiger partial charge in [-0.2, -0.15) is 0 Å². The lowest BCUT2D eigenvalue weighted by Gasteiger charge is -2.34. The molecule has 0 bridgehead atoms. The number of methoxy groups -OCH3 is 1. The largest absolute Gasteiger partial charge is 0.385 e. The zero-order valence-electron chi connectivity index (χ0n) is 10.4. The minimum Gasteiger partial charge on any atom is -0.385 e. The van der Waals surface area contributed by atoms with Gasteiger partial charge in [-0.15, -0.1) is 0 Å². The fourth-order valence-electron chi connectivity index (χ4n) is 2.10. The second-order valence-corrected chi connectivity index (χ2v) is 4.33. The van der Waals surface area contributed by atoms with Crippen LogP contribution in [-0.2, 0) is 10.3 Å². The number of hydrogen-bond donors (Lipinski definition) is 1. The summed E-state index contributed by atoms with van der Waals surface area (Å²) in [6.07, 6.45) is 1.59. The Kier molecular flexibility index (Phi) is 4.97. The van der Waals surface area contributed by atoms with E-state index in [0.717, 1.165) is 18.4 Å². The third-order valence-electron chi connectivity index (χ3n) is 3.38. The Morgan fingerprint density at radius 1 is 1.31 bits per heavy atom. The van der Waals surface area contributed by atoms with Crippen LogP contribution in [0.4, 0.5) is 0 Å². The maximum Gasteiger partial charge on any atom is 0.0920 e. The number of aliphatic hydroxyl groups is 1. The first kappa shape index (κ1) is 13.2. The minimum atomic E-state index is -0.736. The lowest BCUT2D eigenvalue weighted by Crippen LogP contribution is -2.33. The molecule has 0 aliphatic rings. The molecule has 2 atom stereocenters. The van der Waals surface area contributed by atoms with Gasteiger partial charge in [0.2, 0.25) is 0 Å². The summed E-state index contributed by atoms with van der Waals surface area (Å²) >= 11 is 0. The van der Waals surface area contributed by atoms with Crippen molar-refractivity contribution in [3.8, 4) is 0 Å². The maximum atomic E-state index is 10.7. The van der Waals surface area contributed by atoms with Gasteiger partial charge in [0.05, 0.1) is 5.60 Å². The van der Waals surface area contributed by atoms with E-state index in [1.165, 1.54) is 0 Å². The summed E-state index contributed by atoms with van der Waals surface area (Å²) in [7, 11) is 1.69. The van der Waals surface area contributed by atoms with E-state index in [0.29, 0.717) is 6.61 Å². The fraction of sp³-hybridized carbons (Fsp3) is 0.571. The molecule has 2 unspecified atom stereocenters. The second-order valence-electron chi connectivity index (χ2n) is 4.33. The summed E-state index contributed by atoms with van der Waals surface area (Å²) in [6.45, 7) is 4.79. The number of hydrogen-bond acceptors (Lipinski definition) is 2. The van der Waals surface area contributed by atoms with Crippen LogP contribution in [0.15, 0.2) is 30.3 Å². The molecule has 1 aromatic carbocycles. The molecule has 2 heteroatoms. The first-order valence-electron chi connectivity index (χ1n) is 5.92. The minimum absolute atomic E-state index is 0.194. The van der Waals surface area contributed by atoms with Crippen LogP contribution < -0.4 is 0 Å². The Morgan fingerprint density at radius 2 is 1.94 bits per heavy atom. The Bertz CT molecular complexity index is 297. The van der Waals surface area contributed by atoms with Crippen molar-refractivity contribution in [1.82, 2.24) is 0 Å². The van der Waals surface area contributed by atoms with E-state index in [9.17, 15) is 5.11 Å². The van der Waals surface area contributed by atoms with Crippen molar-refractivity contribution in [3.63, 3.8) is 0 Å². The van der Waals surface area contributed by atoms with Gasteiger partial charge in [-0.05, 0) is 24.3 Å². The van der Waals surface area contributed by atoms with Crippen LogP contribution in [0.3, 0.4) is 0 Å². The first-order valence-corrected chi connectivity index (χ1v) is 5.92. The molecule has 0 aliphatic carbocycles. The van der Waals surface area contributed by atoms with Gasteiger partial charge in [-0.25, -0.2) is 0 Å². The highest BCUT2D eigenvalue weighted by molar-refractivity contribution is 5.22. The molecule has 1 rings (SSSR count). The van der Waals surface area contributed by atoms with Crippen molar-refractivity contribution in [2.75, 3.05) is 13.7 Å². The summed E-state index contributed by atoms with van der Waals surface area (Å²) in [6, 6.07) is 9.90. The normalized spacial score (nSPS) is 16.8. The molecular weight excluding hydrogens is 200 g/mol. The van der Waals surface area contributed by atoms with Gasteiger partial charge in [0.15, 0.2) is 0 Å². The van der Waals surface area contributed by atoms with Gasteiger partial charge in [0.1, 0.15) is 0 Å². The van der Waals surface area contributed by atoms with Gasteiger partial charge in [0.25, 0.3) is 0 Å². The molecule has 0 heterocycles. The molecule has 90 valence electrons. The van der Waals surface area contributed by atoms with Crippen molar-refractivity contribution in [1.29, 1.82) is 0 Å². The van der Waals surface area contributed by atoms with E-state index in [4.69, 9.17) is 4.74 Å². The van der Waals surface area contributed by atoms with Crippen molar-refractivity contribution < 1.29 is 9.84 Å². The quantitative estimate of drug-likeness (QED) is 0.802. The van der Waals surface area contributed by atoms with Crippen LogP contribution in [-0.4, -0.2) is 18.8 Å². The van der Waals surface area contributed by atoms with Gasteiger partial charge >= 0.3 is 0 Å². The number of benzene rings is 1. The summed E-state index contributed by atoms with van der Waals surface area (Å²) in [5.74, 6) is 0.194. The topological polar surface area (TPSA) is 29.5 Å². The molecule has 0 saturated heterocycles. The summed E-state index contributed by atoms with van der Waals surface area (Å²) < 4.78 is 5.08. The van der Waals surface area contributed by atoms with Gasteiger partial charge < -0.3 is 9.84 Å². The second kappa shape index (κ2) is 6.02. The third-order valence-corrected chi connectivity index (χ3v) is 3.38. The first-order chi connectivity index (χ1) is 7.65. The summed E-state index contributed by atoms with van der Waals surface area (Å²) in [4.78, 5) is 0. The zero-order valence-corrected chi connectivity index (χ0v) is 10.4. The van der Waals surface area contributed by atoms with Crippen LogP contribution in [0.5, 0.6) is 0 Å². The maximum absolute atomic E-state index is 10.7. The molecule has 0 fully saturated rings. The molecule has 0 spiro atoms. The van der Waals surface area contributed by atoms with E-state index in [1.807, 2.05) is 37.3 Å². The van der Waals surface area contributed by atoms with E-state index in [2.05, 4.69) is 6.92 Å². The van der Waals surface area contributed by atoms with Gasteiger partial charge in [0, 0.05) is 13.7 Å². The smallest absolute Gasteiger partial charge is 0.0920 e. The van der Waals surface area contributed by atoms with Crippen LogP contribution in [0.1, 0.15) is 32.3 Å². The van der Waals surface area contributed by atoms with Crippen LogP contribution >= 0.6 is 0 Å². The molecule has 1 aromatic rings. The lowest BCUT2D eigenvalue weighted by atomic mass is 9.79. The third kappa shape index (κ3) is 2.83. The highest BCUT2D eigenvalue weighted by Gasteiger charge is 2.33. The average molecular weight is 222 g/mol.